The number of hydrogen-bond acceptors (Lipinski definition) is 5. The Balaban J connectivity index is 1.99. The first-order valence-corrected chi connectivity index (χ1v) is 7.77. The number of rotatable bonds is 3. The van der Waals surface area contributed by atoms with Gasteiger partial charge in [0.1, 0.15) is 5.82 Å². The molecule has 112 valence electrons. The molecule has 0 amide bonds. The Kier molecular flexibility index (Phi) is 3.90. The first-order chi connectivity index (χ1) is 10.2. The van der Waals surface area contributed by atoms with Gasteiger partial charge in [-0.15, -0.1) is 0 Å². The average Bonchev–Trinajstić information content (AvgIpc) is 2.46. The molecule has 3 rings (SSSR count). The molecule has 2 aromatic rings. The van der Waals surface area contributed by atoms with Crippen molar-refractivity contribution < 1.29 is 0 Å². The fourth-order valence-electron chi connectivity index (χ4n) is 3.15. The molecule has 0 unspecified atom stereocenters. The minimum Gasteiger partial charge on any atom is -0.372 e. The maximum Gasteiger partial charge on any atom is 0.226 e. The second-order valence-corrected chi connectivity index (χ2v) is 5.90. The van der Waals surface area contributed by atoms with Gasteiger partial charge < -0.3 is 10.6 Å². The molecular weight excluding hydrogens is 262 g/mol. The molecule has 2 aromatic heterocycles. The quantitative estimate of drug-likeness (QED) is 0.904. The van der Waals surface area contributed by atoms with E-state index in [1.807, 2.05) is 14.0 Å². The van der Waals surface area contributed by atoms with Crippen LogP contribution >= 0.6 is 0 Å². The van der Waals surface area contributed by atoms with Gasteiger partial charge in [-0.05, 0) is 38.3 Å². The second-order valence-electron chi connectivity index (χ2n) is 5.90. The van der Waals surface area contributed by atoms with E-state index >= 15 is 0 Å². The van der Waals surface area contributed by atoms with Gasteiger partial charge in [-0.2, -0.15) is 9.97 Å². The monoisotopic (exact) mass is 285 g/mol. The molecular formula is C16H23N5. The Bertz CT molecular complexity index is 647. The van der Waals surface area contributed by atoms with E-state index in [-0.39, 0.29) is 0 Å². The largest absolute Gasteiger partial charge is 0.372 e. The van der Waals surface area contributed by atoms with E-state index < -0.39 is 0 Å². The Morgan fingerprint density at radius 2 is 1.81 bits per heavy atom. The second kappa shape index (κ2) is 5.84. The summed E-state index contributed by atoms with van der Waals surface area (Å²) in [6.07, 6.45) is 6.34. The number of pyridine rings is 1. The van der Waals surface area contributed by atoms with Gasteiger partial charge in [0.2, 0.25) is 5.95 Å². The number of aryl methyl sites for hydroxylation is 2. The summed E-state index contributed by atoms with van der Waals surface area (Å²) in [5, 5.41) is 7.67. The van der Waals surface area contributed by atoms with Crippen molar-refractivity contribution in [3.8, 4) is 0 Å². The zero-order valence-corrected chi connectivity index (χ0v) is 13.0. The van der Waals surface area contributed by atoms with E-state index in [1.54, 1.807) is 0 Å². The fourth-order valence-corrected chi connectivity index (χ4v) is 3.15. The summed E-state index contributed by atoms with van der Waals surface area (Å²) in [6.45, 7) is 4.08. The third-order valence-corrected chi connectivity index (χ3v) is 4.17. The lowest BCUT2D eigenvalue weighted by molar-refractivity contribution is 0.461. The van der Waals surface area contributed by atoms with Gasteiger partial charge in [-0.25, -0.2) is 4.98 Å². The summed E-state index contributed by atoms with van der Waals surface area (Å²) in [6, 6.07) is 2.56. The Morgan fingerprint density at radius 1 is 1.05 bits per heavy atom. The summed E-state index contributed by atoms with van der Waals surface area (Å²) in [4.78, 5) is 13.8. The molecule has 2 N–H and O–H groups in total. The summed E-state index contributed by atoms with van der Waals surface area (Å²) in [7, 11) is 1.89. The van der Waals surface area contributed by atoms with Crippen LogP contribution in [0.2, 0.25) is 0 Å². The van der Waals surface area contributed by atoms with Crippen molar-refractivity contribution in [2.75, 3.05) is 17.7 Å². The van der Waals surface area contributed by atoms with Crippen molar-refractivity contribution in [2.45, 2.75) is 52.0 Å². The molecule has 1 saturated carbocycles. The standard InChI is InChI=1S/C16H23N5/c1-10-9-11(2)18-15-13(10)14(17-3)20-16(21-15)19-12-7-5-4-6-8-12/h9,12H,4-8H2,1-3H3,(H2,17,18,19,20,21). The fraction of sp³-hybridized carbons (Fsp3) is 0.562. The lowest BCUT2D eigenvalue weighted by Gasteiger charge is -2.23. The minimum atomic E-state index is 0.492. The summed E-state index contributed by atoms with van der Waals surface area (Å²) in [5.41, 5.74) is 2.92. The number of hydrogen-bond donors (Lipinski definition) is 2. The smallest absolute Gasteiger partial charge is 0.226 e. The van der Waals surface area contributed by atoms with E-state index in [1.165, 1.54) is 32.1 Å². The van der Waals surface area contributed by atoms with Crippen molar-refractivity contribution in [1.29, 1.82) is 0 Å². The number of aromatic nitrogens is 3. The van der Waals surface area contributed by atoms with Gasteiger partial charge >= 0.3 is 0 Å². The third-order valence-electron chi connectivity index (χ3n) is 4.17. The van der Waals surface area contributed by atoms with Crippen molar-refractivity contribution in [3.63, 3.8) is 0 Å². The Labute approximate surface area is 125 Å². The highest BCUT2D eigenvalue weighted by Gasteiger charge is 2.16. The van der Waals surface area contributed by atoms with E-state index in [9.17, 15) is 0 Å². The topological polar surface area (TPSA) is 62.7 Å². The van der Waals surface area contributed by atoms with E-state index in [0.717, 1.165) is 28.1 Å². The van der Waals surface area contributed by atoms with Crippen LogP contribution in [0.5, 0.6) is 0 Å². The maximum absolute atomic E-state index is 4.63. The summed E-state index contributed by atoms with van der Waals surface area (Å²) < 4.78 is 0. The SMILES string of the molecule is CNc1nc(NC2CCCCC2)nc2nc(C)cc(C)c12. The summed E-state index contributed by atoms with van der Waals surface area (Å²) >= 11 is 0. The van der Waals surface area contributed by atoms with Crippen LogP contribution in [0.4, 0.5) is 11.8 Å². The molecule has 0 radical (unpaired) electrons. The van der Waals surface area contributed by atoms with Crippen LogP contribution in [0.1, 0.15) is 43.4 Å². The highest BCUT2D eigenvalue weighted by atomic mass is 15.2. The van der Waals surface area contributed by atoms with Gasteiger partial charge in [0.15, 0.2) is 5.65 Å². The van der Waals surface area contributed by atoms with Gasteiger partial charge in [0.25, 0.3) is 0 Å². The molecule has 0 bridgehead atoms. The van der Waals surface area contributed by atoms with Gasteiger partial charge in [0, 0.05) is 18.8 Å². The van der Waals surface area contributed by atoms with Crippen molar-refractivity contribution in [2.24, 2.45) is 0 Å². The van der Waals surface area contributed by atoms with Crippen LogP contribution in [0.3, 0.4) is 0 Å². The molecule has 5 nitrogen and oxygen atoms in total. The average molecular weight is 285 g/mol. The Morgan fingerprint density at radius 3 is 2.52 bits per heavy atom. The van der Waals surface area contributed by atoms with Gasteiger partial charge in [-0.3, -0.25) is 0 Å². The van der Waals surface area contributed by atoms with Crippen molar-refractivity contribution in [3.05, 3.63) is 17.3 Å². The predicted octanol–water partition coefficient (Wildman–Crippen LogP) is 3.43. The van der Waals surface area contributed by atoms with Crippen LogP contribution in [-0.2, 0) is 0 Å². The molecule has 1 aliphatic carbocycles. The lowest BCUT2D eigenvalue weighted by atomic mass is 9.96. The molecule has 21 heavy (non-hydrogen) atoms. The highest BCUT2D eigenvalue weighted by Crippen LogP contribution is 2.26. The van der Waals surface area contributed by atoms with Crippen LogP contribution in [0.25, 0.3) is 11.0 Å². The summed E-state index contributed by atoms with van der Waals surface area (Å²) in [5.74, 6) is 1.54. The van der Waals surface area contributed by atoms with Gasteiger partial charge in [0.05, 0.1) is 5.39 Å². The van der Waals surface area contributed by atoms with Crippen LogP contribution in [-0.4, -0.2) is 28.0 Å². The van der Waals surface area contributed by atoms with Crippen molar-refractivity contribution >= 4 is 22.8 Å². The Hall–Kier alpha value is -1.91. The molecule has 0 atom stereocenters. The first-order valence-electron chi connectivity index (χ1n) is 7.77. The van der Waals surface area contributed by atoms with Crippen molar-refractivity contribution in [1.82, 2.24) is 15.0 Å². The maximum atomic E-state index is 4.63. The highest BCUT2D eigenvalue weighted by molar-refractivity contribution is 5.90. The zero-order chi connectivity index (χ0) is 14.8. The van der Waals surface area contributed by atoms with Gasteiger partial charge in [-0.1, -0.05) is 19.3 Å². The third kappa shape index (κ3) is 2.91. The van der Waals surface area contributed by atoms with E-state index in [2.05, 4.69) is 38.6 Å². The number of nitrogens with zero attached hydrogens (tertiary/aromatic N) is 3. The molecule has 0 saturated heterocycles. The predicted molar refractivity (Wildman–Crippen MR) is 86.8 cm³/mol. The normalized spacial score (nSPS) is 16.1. The van der Waals surface area contributed by atoms with E-state index in [4.69, 9.17) is 0 Å². The minimum absolute atomic E-state index is 0.492. The molecule has 0 spiro atoms. The lowest BCUT2D eigenvalue weighted by Crippen LogP contribution is -2.23. The molecule has 2 heterocycles. The molecule has 1 aliphatic rings. The number of fused-ring (bicyclic) bond motifs is 1. The first kappa shape index (κ1) is 14.0. The number of anilines is 2. The van der Waals surface area contributed by atoms with Crippen LogP contribution in [0, 0.1) is 13.8 Å². The molecule has 1 fully saturated rings. The molecule has 0 aromatic carbocycles. The number of nitrogens with one attached hydrogen (secondary N) is 2. The van der Waals surface area contributed by atoms with E-state index in [0.29, 0.717) is 12.0 Å². The van der Waals surface area contributed by atoms with Crippen LogP contribution < -0.4 is 10.6 Å². The van der Waals surface area contributed by atoms with Crippen LogP contribution in [0.15, 0.2) is 6.07 Å². The molecule has 0 aliphatic heterocycles. The zero-order valence-electron chi connectivity index (χ0n) is 13.0. The molecule has 5 heteroatoms.